The van der Waals surface area contributed by atoms with Gasteiger partial charge < -0.3 is 10.1 Å². The predicted molar refractivity (Wildman–Crippen MR) is 74.2 cm³/mol. The van der Waals surface area contributed by atoms with Crippen molar-refractivity contribution in [2.24, 2.45) is 5.41 Å². The van der Waals surface area contributed by atoms with Gasteiger partial charge in [-0.3, -0.25) is 4.79 Å². The first-order valence-corrected chi connectivity index (χ1v) is 8.28. The zero-order chi connectivity index (χ0) is 15.0. The summed E-state index contributed by atoms with van der Waals surface area (Å²) in [6.45, 7) is 5.06. The Balaban J connectivity index is 2.03. The lowest BCUT2D eigenvalue weighted by molar-refractivity contribution is -0.121. The van der Waals surface area contributed by atoms with Crippen LogP contribution in [0.2, 0.25) is 0 Å². The third kappa shape index (κ3) is 3.13. The molecule has 20 heavy (non-hydrogen) atoms. The first-order valence-electron chi connectivity index (χ1n) is 6.84. The van der Waals surface area contributed by atoms with Gasteiger partial charge in [0.15, 0.2) is 0 Å². The molecule has 1 amide bonds. The van der Waals surface area contributed by atoms with Gasteiger partial charge in [-0.1, -0.05) is 13.8 Å². The van der Waals surface area contributed by atoms with E-state index in [9.17, 15) is 13.2 Å². The van der Waals surface area contributed by atoms with E-state index in [0.29, 0.717) is 32.5 Å². The highest BCUT2D eigenvalue weighted by Gasteiger charge is 2.44. The van der Waals surface area contributed by atoms with Gasteiger partial charge in [-0.15, -0.1) is 0 Å². The molecule has 2 aliphatic heterocycles. The number of carbonyl (C=O) groups is 1. The lowest BCUT2D eigenvalue weighted by Crippen LogP contribution is -2.53. The normalized spacial score (nSPS) is 28.6. The summed E-state index contributed by atoms with van der Waals surface area (Å²) in [5, 5.41) is 2.70. The van der Waals surface area contributed by atoms with Gasteiger partial charge in [0.1, 0.15) is 6.04 Å². The Morgan fingerprint density at radius 1 is 1.35 bits per heavy atom. The summed E-state index contributed by atoms with van der Waals surface area (Å²) < 4.78 is 33.9. The Bertz CT molecular complexity index is 469. The number of hydrogen-bond acceptors (Lipinski definition) is 4. The van der Waals surface area contributed by atoms with Crippen molar-refractivity contribution in [2.75, 3.05) is 26.7 Å². The van der Waals surface area contributed by atoms with Crippen molar-refractivity contribution >= 4 is 16.1 Å². The summed E-state index contributed by atoms with van der Waals surface area (Å²) in [7, 11) is -2.00. The van der Waals surface area contributed by atoms with Crippen LogP contribution in [-0.4, -0.2) is 57.5 Å². The summed E-state index contributed by atoms with van der Waals surface area (Å²) in [5.74, 6) is -0.259. The molecule has 0 aromatic rings. The zero-order valence-corrected chi connectivity index (χ0v) is 13.0. The van der Waals surface area contributed by atoms with Gasteiger partial charge in [-0.25, -0.2) is 0 Å². The zero-order valence-electron chi connectivity index (χ0n) is 12.2. The maximum Gasteiger partial charge on any atom is 0.280 e. The first-order chi connectivity index (χ1) is 9.26. The van der Waals surface area contributed by atoms with E-state index >= 15 is 0 Å². The van der Waals surface area contributed by atoms with Gasteiger partial charge in [0.2, 0.25) is 5.91 Å². The van der Waals surface area contributed by atoms with E-state index in [1.165, 1.54) is 4.31 Å². The third-order valence-electron chi connectivity index (χ3n) is 4.10. The maximum absolute atomic E-state index is 12.4. The minimum absolute atomic E-state index is 0.118. The number of nitrogens with one attached hydrogen (secondary N) is 2. The van der Waals surface area contributed by atoms with Gasteiger partial charge in [-0.2, -0.15) is 17.4 Å². The minimum atomic E-state index is -3.64. The number of rotatable bonds is 4. The van der Waals surface area contributed by atoms with Crippen LogP contribution < -0.4 is 10.0 Å². The molecule has 0 spiro atoms. The second kappa shape index (κ2) is 5.59. The minimum Gasteiger partial charge on any atom is -0.381 e. The van der Waals surface area contributed by atoms with Gasteiger partial charge in [-0.05, 0) is 12.8 Å². The molecule has 7 nitrogen and oxygen atoms in total. The summed E-state index contributed by atoms with van der Waals surface area (Å²) in [6, 6.07) is -0.715. The molecule has 116 valence electrons. The highest BCUT2D eigenvalue weighted by molar-refractivity contribution is 7.87. The van der Waals surface area contributed by atoms with Crippen LogP contribution in [0.25, 0.3) is 0 Å². The van der Waals surface area contributed by atoms with Crippen LogP contribution in [0.3, 0.4) is 0 Å². The van der Waals surface area contributed by atoms with Crippen LogP contribution in [-0.2, 0) is 19.7 Å². The van der Waals surface area contributed by atoms with Gasteiger partial charge >= 0.3 is 0 Å². The number of ether oxygens (including phenoxy) is 1. The standard InChI is InChI=1S/C12H23N3O4S/c1-12(2)8-13-11(16)10(12)14-20(17,18)15-6-4-9(19-3)5-7-15/h9-10,14H,4-8H2,1-3H3,(H,13,16). The van der Waals surface area contributed by atoms with Crippen molar-refractivity contribution in [3.8, 4) is 0 Å². The Kier molecular flexibility index (Phi) is 4.38. The number of methoxy groups -OCH3 is 1. The molecule has 2 fully saturated rings. The Morgan fingerprint density at radius 3 is 2.40 bits per heavy atom. The quantitative estimate of drug-likeness (QED) is 0.730. The fraction of sp³-hybridized carbons (Fsp3) is 0.917. The molecule has 0 aliphatic carbocycles. The molecule has 0 aromatic heterocycles. The van der Waals surface area contributed by atoms with Crippen LogP contribution in [0.4, 0.5) is 0 Å². The molecule has 0 radical (unpaired) electrons. The fourth-order valence-electron chi connectivity index (χ4n) is 2.62. The lowest BCUT2D eigenvalue weighted by Gasteiger charge is -2.32. The molecular formula is C12H23N3O4S. The van der Waals surface area contributed by atoms with Crippen LogP contribution in [0.5, 0.6) is 0 Å². The second-order valence-corrected chi connectivity index (χ2v) is 7.80. The summed E-state index contributed by atoms with van der Waals surface area (Å²) in [5.41, 5.74) is -0.422. The highest BCUT2D eigenvalue weighted by Crippen LogP contribution is 2.26. The molecule has 2 heterocycles. The first kappa shape index (κ1) is 15.7. The molecule has 0 aromatic carbocycles. The van der Waals surface area contributed by atoms with Crippen molar-refractivity contribution in [3.05, 3.63) is 0 Å². The number of nitrogens with zero attached hydrogens (tertiary/aromatic N) is 1. The van der Waals surface area contributed by atoms with Crippen LogP contribution in [0.1, 0.15) is 26.7 Å². The summed E-state index contributed by atoms with van der Waals surface area (Å²) in [4.78, 5) is 11.8. The molecule has 2 aliphatic rings. The lowest BCUT2D eigenvalue weighted by atomic mass is 9.88. The maximum atomic E-state index is 12.4. The van der Waals surface area contributed by atoms with Gasteiger partial charge in [0.25, 0.3) is 10.2 Å². The van der Waals surface area contributed by atoms with Crippen molar-refractivity contribution in [2.45, 2.75) is 38.8 Å². The molecule has 0 saturated carbocycles. The SMILES string of the molecule is COC1CCN(S(=O)(=O)NC2C(=O)NCC2(C)C)CC1. The Labute approximate surface area is 120 Å². The van der Waals surface area contributed by atoms with Crippen LogP contribution >= 0.6 is 0 Å². The third-order valence-corrected chi connectivity index (χ3v) is 5.68. The van der Waals surface area contributed by atoms with E-state index < -0.39 is 21.7 Å². The van der Waals surface area contributed by atoms with Gasteiger partial charge in [0, 0.05) is 32.2 Å². The molecule has 1 atom stereocenters. The number of hydrogen-bond donors (Lipinski definition) is 2. The van der Waals surface area contributed by atoms with Crippen molar-refractivity contribution < 1.29 is 17.9 Å². The van der Waals surface area contributed by atoms with E-state index in [1.807, 2.05) is 13.8 Å². The topological polar surface area (TPSA) is 87.7 Å². The average molecular weight is 305 g/mol. The Morgan fingerprint density at radius 2 is 1.95 bits per heavy atom. The number of amides is 1. The summed E-state index contributed by atoms with van der Waals surface area (Å²) in [6.07, 6.45) is 1.47. The predicted octanol–water partition coefficient (Wildman–Crippen LogP) is -0.544. The monoisotopic (exact) mass is 305 g/mol. The number of carbonyl (C=O) groups excluding carboxylic acids is 1. The number of piperidine rings is 1. The smallest absolute Gasteiger partial charge is 0.280 e. The molecular weight excluding hydrogens is 282 g/mol. The van der Waals surface area contributed by atoms with Crippen molar-refractivity contribution in [1.82, 2.24) is 14.3 Å². The molecule has 8 heteroatoms. The van der Waals surface area contributed by atoms with Crippen molar-refractivity contribution in [3.63, 3.8) is 0 Å². The van der Waals surface area contributed by atoms with E-state index in [0.717, 1.165) is 0 Å². The van der Waals surface area contributed by atoms with Gasteiger partial charge in [0.05, 0.1) is 6.10 Å². The molecule has 1 unspecified atom stereocenters. The molecule has 2 saturated heterocycles. The fourth-order valence-corrected chi connectivity index (χ4v) is 4.18. The molecule has 0 bridgehead atoms. The van der Waals surface area contributed by atoms with E-state index in [-0.39, 0.29) is 12.0 Å². The van der Waals surface area contributed by atoms with E-state index in [1.54, 1.807) is 7.11 Å². The molecule has 2 N–H and O–H groups in total. The van der Waals surface area contributed by atoms with Crippen molar-refractivity contribution in [1.29, 1.82) is 0 Å². The highest BCUT2D eigenvalue weighted by atomic mass is 32.2. The van der Waals surface area contributed by atoms with Crippen LogP contribution in [0.15, 0.2) is 0 Å². The van der Waals surface area contributed by atoms with E-state index in [4.69, 9.17) is 4.74 Å². The second-order valence-electron chi connectivity index (χ2n) is 6.10. The Hall–Kier alpha value is -0.700. The largest absolute Gasteiger partial charge is 0.381 e. The molecule has 2 rings (SSSR count). The average Bonchev–Trinajstić information content (AvgIpc) is 2.65. The van der Waals surface area contributed by atoms with Crippen LogP contribution in [0, 0.1) is 5.41 Å². The van der Waals surface area contributed by atoms with E-state index in [2.05, 4.69) is 10.0 Å². The summed E-state index contributed by atoms with van der Waals surface area (Å²) >= 11 is 0.